The minimum absolute atomic E-state index is 0.128. The van der Waals surface area contributed by atoms with Gasteiger partial charge in [-0.3, -0.25) is 4.79 Å². The average Bonchev–Trinajstić information content (AvgIpc) is 2.44. The normalized spacial score (nSPS) is 19.5. The summed E-state index contributed by atoms with van der Waals surface area (Å²) in [7, 11) is -3.26. The molecule has 2 rings (SSSR count). The number of piperidine rings is 1. The van der Waals surface area contributed by atoms with Crippen LogP contribution in [0.2, 0.25) is 5.02 Å². The Morgan fingerprint density at radius 1 is 1.38 bits per heavy atom. The molecular weight excluding hydrogens is 312 g/mol. The number of sulfonamides is 1. The Morgan fingerprint density at radius 2 is 2.10 bits per heavy atom. The number of halogens is 1. The maximum atomic E-state index is 12.6. The molecule has 1 heterocycles. The van der Waals surface area contributed by atoms with Crippen molar-refractivity contribution in [1.29, 1.82) is 0 Å². The Balaban J connectivity index is 2.15. The van der Waals surface area contributed by atoms with Crippen LogP contribution in [0.25, 0.3) is 0 Å². The lowest BCUT2D eigenvalue weighted by molar-refractivity contribution is 0.0619. The summed E-state index contributed by atoms with van der Waals surface area (Å²) in [6.07, 6.45) is 3.82. The summed E-state index contributed by atoms with van der Waals surface area (Å²) < 4.78 is 25.0. The van der Waals surface area contributed by atoms with Crippen LogP contribution >= 0.6 is 11.6 Å². The van der Waals surface area contributed by atoms with E-state index < -0.39 is 10.0 Å². The van der Waals surface area contributed by atoms with Gasteiger partial charge < -0.3 is 4.90 Å². The maximum absolute atomic E-state index is 12.6. The first-order valence-corrected chi connectivity index (χ1v) is 9.15. The number of carbonyl (C=O) groups excluding carboxylic acids is 1. The summed E-state index contributed by atoms with van der Waals surface area (Å²) in [6, 6.07) is 6.80. The van der Waals surface area contributed by atoms with Crippen LogP contribution in [0, 0.1) is 0 Å². The van der Waals surface area contributed by atoms with Crippen molar-refractivity contribution < 1.29 is 13.2 Å². The van der Waals surface area contributed by atoms with Gasteiger partial charge in [0.25, 0.3) is 5.91 Å². The number of hydrogen-bond donors (Lipinski definition) is 1. The Morgan fingerprint density at radius 3 is 2.76 bits per heavy atom. The average molecular weight is 331 g/mol. The zero-order chi connectivity index (χ0) is 15.5. The van der Waals surface area contributed by atoms with Gasteiger partial charge >= 0.3 is 0 Å². The summed E-state index contributed by atoms with van der Waals surface area (Å²) in [4.78, 5) is 14.3. The lowest BCUT2D eigenvalue weighted by atomic mass is 10.0. The number of hydrogen-bond acceptors (Lipinski definition) is 3. The molecule has 1 N–H and O–H groups in total. The van der Waals surface area contributed by atoms with E-state index in [0.29, 0.717) is 17.1 Å². The second-order valence-electron chi connectivity index (χ2n) is 5.25. The summed E-state index contributed by atoms with van der Waals surface area (Å²) in [5.41, 5.74) is 0.463. The smallest absolute Gasteiger partial charge is 0.255 e. The Kier molecular flexibility index (Phi) is 5.24. The molecule has 5 nitrogen and oxygen atoms in total. The van der Waals surface area contributed by atoms with Crippen LogP contribution < -0.4 is 4.72 Å². The van der Waals surface area contributed by atoms with E-state index in [1.807, 2.05) is 0 Å². The number of benzene rings is 1. The minimum atomic E-state index is -3.26. The standard InChI is InChI=1S/C14H19ClN2O3S/c1-21(19,20)16-10-11-6-4-5-9-17(11)14(18)12-7-2-3-8-13(12)15/h2-3,7-8,11,16H,4-6,9-10H2,1H3. The van der Waals surface area contributed by atoms with Crippen LogP contribution in [-0.2, 0) is 10.0 Å². The highest BCUT2D eigenvalue weighted by Crippen LogP contribution is 2.23. The second-order valence-corrected chi connectivity index (χ2v) is 7.49. The van der Waals surface area contributed by atoms with Crippen LogP contribution in [0.4, 0.5) is 0 Å². The number of amides is 1. The van der Waals surface area contributed by atoms with Gasteiger partial charge in [-0.05, 0) is 31.4 Å². The molecule has 1 aliphatic heterocycles. The largest absolute Gasteiger partial charge is 0.334 e. The molecule has 1 aliphatic rings. The fraction of sp³-hybridized carbons (Fsp3) is 0.500. The van der Waals surface area contributed by atoms with Crippen molar-refractivity contribution in [2.24, 2.45) is 0 Å². The van der Waals surface area contributed by atoms with Crippen molar-refractivity contribution >= 4 is 27.5 Å². The maximum Gasteiger partial charge on any atom is 0.255 e. The second kappa shape index (κ2) is 6.77. The first kappa shape index (κ1) is 16.3. The molecule has 7 heteroatoms. The topological polar surface area (TPSA) is 66.5 Å². The highest BCUT2D eigenvalue weighted by molar-refractivity contribution is 7.88. The SMILES string of the molecule is CS(=O)(=O)NCC1CCCCN1C(=O)c1ccccc1Cl. The van der Waals surface area contributed by atoms with Gasteiger partial charge in [-0.1, -0.05) is 23.7 Å². The van der Waals surface area contributed by atoms with Crippen LogP contribution in [0.15, 0.2) is 24.3 Å². The summed E-state index contributed by atoms with van der Waals surface area (Å²) in [5.74, 6) is -0.138. The molecule has 1 saturated heterocycles. The lowest BCUT2D eigenvalue weighted by Crippen LogP contribution is -2.49. The molecule has 0 radical (unpaired) electrons. The number of nitrogens with one attached hydrogen (secondary N) is 1. The van der Waals surface area contributed by atoms with Gasteiger partial charge in [-0.25, -0.2) is 13.1 Å². The van der Waals surface area contributed by atoms with Crippen molar-refractivity contribution in [3.63, 3.8) is 0 Å². The number of carbonyl (C=O) groups is 1. The van der Waals surface area contributed by atoms with Crippen LogP contribution in [-0.4, -0.2) is 44.6 Å². The third-order valence-corrected chi connectivity index (χ3v) is 4.59. The van der Waals surface area contributed by atoms with Crippen LogP contribution in [0.1, 0.15) is 29.6 Å². The molecule has 1 aromatic carbocycles. The van der Waals surface area contributed by atoms with Crippen molar-refractivity contribution in [1.82, 2.24) is 9.62 Å². The molecule has 1 atom stereocenters. The van der Waals surface area contributed by atoms with Gasteiger partial charge in [0.2, 0.25) is 10.0 Å². The monoisotopic (exact) mass is 330 g/mol. The molecule has 116 valence electrons. The van der Waals surface area contributed by atoms with E-state index in [4.69, 9.17) is 11.6 Å². The van der Waals surface area contributed by atoms with Crippen molar-refractivity contribution in [3.05, 3.63) is 34.9 Å². The van der Waals surface area contributed by atoms with E-state index in [1.54, 1.807) is 29.2 Å². The predicted octanol–water partition coefficient (Wildman–Crippen LogP) is 1.88. The minimum Gasteiger partial charge on any atom is -0.334 e. The molecule has 0 saturated carbocycles. The van der Waals surface area contributed by atoms with Gasteiger partial charge in [0.05, 0.1) is 16.8 Å². The third kappa shape index (κ3) is 4.43. The molecule has 0 spiro atoms. The van der Waals surface area contributed by atoms with Gasteiger partial charge in [-0.2, -0.15) is 0 Å². The van der Waals surface area contributed by atoms with E-state index in [9.17, 15) is 13.2 Å². The first-order valence-electron chi connectivity index (χ1n) is 6.88. The van der Waals surface area contributed by atoms with Crippen molar-refractivity contribution in [3.8, 4) is 0 Å². The number of rotatable bonds is 4. The summed E-state index contributed by atoms with van der Waals surface area (Å²) >= 11 is 6.08. The Hall–Kier alpha value is -1.11. The van der Waals surface area contributed by atoms with Crippen LogP contribution in [0.5, 0.6) is 0 Å². The molecule has 1 unspecified atom stereocenters. The van der Waals surface area contributed by atoms with E-state index >= 15 is 0 Å². The van der Waals surface area contributed by atoms with Gasteiger partial charge in [0, 0.05) is 19.1 Å². The molecule has 0 bridgehead atoms. The van der Waals surface area contributed by atoms with Crippen LogP contribution in [0.3, 0.4) is 0 Å². The quantitative estimate of drug-likeness (QED) is 0.916. The molecule has 1 amide bonds. The van der Waals surface area contributed by atoms with Crippen molar-refractivity contribution in [2.75, 3.05) is 19.3 Å². The molecule has 1 aromatic rings. The molecule has 0 aliphatic carbocycles. The summed E-state index contributed by atoms with van der Waals surface area (Å²) in [6.45, 7) is 0.870. The van der Waals surface area contributed by atoms with Crippen molar-refractivity contribution in [2.45, 2.75) is 25.3 Å². The molecule has 1 fully saturated rings. The highest BCUT2D eigenvalue weighted by Gasteiger charge is 2.28. The van der Waals surface area contributed by atoms with E-state index in [1.165, 1.54) is 0 Å². The number of nitrogens with zero attached hydrogens (tertiary/aromatic N) is 1. The first-order chi connectivity index (χ1) is 9.88. The van der Waals surface area contributed by atoms with E-state index in [0.717, 1.165) is 25.5 Å². The molecule has 0 aromatic heterocycles. The molecular formula is C14H19ClN2O3S. The predicted molar refractivity (Wildman–Crippen MR) is 83.0 cm³/mol. The zero-order valence-electron chi connectivity index (χ0n) is 11.9. The van der Waals surface area contributed by atoms with E-state index in [2.05, 4.69) is 4.72 Å². The fourth-order valence-electron chi connectivity index (χ4n) is 2.52. The molecule has 21 heavy (non-hydrogen) atoms. The Bertz CT molecular complexity index is 618. The third-order valence-electron chi connectivity index (χ3n) is 3.57. The van der Waals surface area contributed by atoms with Gasteiger partial charge in [0.15, 0.2) is 0 Å². The number of likely N-dealkylation sites (tertiary alicyclic amines) is 1. The Labute approximate surface area is 130 Å². The lowest BCUT2D eigenvalue weighted by Gasteiger charge is -2.36. The summed E-state index contributed by atoms with van der Waals surface area (Å²) in [5, 5.41) is 0.419. The van der Waals surface area contributed by atoms with Gasteiger partial charge in [-0.15, -0.1) is 0 Å². The van der Waals surface area contributed by atoms with Gasteiger partial charge in [0.1, 0.15) is 0 Å². The highest BCUT2D eigenvalue weighted by atomic mass is 35.5. The van der Waals surface area contributed by atoms with E-state index in [-0.39, 0.29) is 18.5 Å². The zero-order valence-corrected chi connectivity index (χ0v) is 13.5. The fourth-order valence-corrected chi connectivity index (χ4v) is 3.23.